The molecule has 1 aliphatic carbocycles. The number of benzene rings is 9. The normalized spacial score (nSPS) is 13.3. The first-order valence-electron chi connectivity index (χ1n) is 18.2. The molecule has 0 amide bonds. The zero-order valence-corrected chi connectivity index (χ0v) is 29.1. The van der Waals surface area contributed by atoms with Gasteiger partial charge in [0.25, 0.3) is 0 Å². The smallest absolute Gasteiger partial charge is 0.143 e. The fourth-order valence-corrected chi connectivity index (χ4v) is 9.12. The first-order chi connectivity index (χ1) is 25.5. The number of hydrogen-bond donors (Lipinski definition) is 0. The second-order valence-corrected chi connectivity index (χ2v) is 14.8. The van der Waals surface area contributed by atoms with Crippen LogP contribution in [0.1, 0.15) is 25.0 Å². The van der Waals surface area contributed by atoms with Crippen molar-refractivity contribution in [3.05, 3.63) is 181 Å². The van der Waals surface area contributed by atoms with E-state index >= 15 is 0 Å². The van der Waals surface area contributed by atoms with Gasteiger partial charge in [0.1, 0.15) is 11.2 Å². The van der Waals surface area contributed by atoms with Crippen LogP contribution >= 0.6 is 0 Å². The van der Waals surface area contributed by atoms with Crippen molar-refractivity contribution in [2.24, 2.45) is 0 Å². The van der Waals surface area contributed by atoms with Crippen molar-refractivity contribution in [2.45, 2.75) is 19.3 Å². The van der Waals surface area contributed by atoms with E-state index < -0.39 is 0 Å². The maximum absolute atomic E-state index is 6.64. The van der Waals surface area contributed by atoms with Crippen molar-refractivity contribution in [3.8, 4) is 44.5 Å². The second-order valence-electron chi connectivity index (χ2n) is 14.8. The summed E-state index contributed by atoms with van der Waals surface area (Å²) < 4.78 is 6.64. The number of rotatable bonds is 3. The predicted molar refractivity (Wildman–Crippen MR) is 220 cm³/mol. The third-order valence-corrected chi connectivity index (χ3v) is 11.7. The summed E-state index contributed by atoms with van der Waals surface area (Å²) in [7, 11) is 0. The SMILES string of the molecule is CC1(C)c2ccccc2-c2ccc(-c3ccc(-c4c5ccccc5c(-c5ccc6c(c5)oc5c7ccccc7ccc65)c5ccccc45)cc3)cc21. The van der Waals surface area contributed by atoms with E-state index in [1.807, 2.05) is 0 Å². The predicted octanol–water partition coefficient (Wildman–Crippen LogP) is 14.4. The molecule has 1 heteroatoms. The van der Waals surface area contributed by atoms with Gasteiger partial charge in [-0.2, -0.15) is 0 Å². The zero-order chi connectivity index (χ0) is 34.6. The second kappa shape index (κ2) is 10.8. The molecule has 11 rings (SSSR count). The number of fused-ring (bicyclic) bond motifs is 10. The Labute approximate surface area is 302 Å². The van der Waals surface area contributed by atoms with Gasteiger partial charge in [-0.05, 0) is 107 Å². The Kier molecular flexibility index (Phi) is 6.08. The summed E-state index contributed by atoms with van der Waals surface area (Å²) >= 11 is 0. The highest BCUT2D eigenvalue weighted by atomic mass is 16.3. The lowest BCUT2D eigenvalue weighted by Crippen LogP contribution is -2.14. The van der Waals surface area contributed by atoms with E-state index in [0.29, 0.717) is 0 Å². The van der Waals surface area contributed by atoms with Crippen molar-refractivity contribution < 1.29 is 4.42 Å². The van der Waals surface area contributed by atoms with Gasteiger partial charge in [0.2, 0.25) is 0 Å². The molecule has 52 heavy (non-hydrogen) atoms. The maximum Gasteiger partial charge on any atom is 0.143 e. The van der Waals surface area contributed by atoms with Crippen LogP contribution in [0.2, 0.25) is 0 Å². The number of hydrogen-bond acceptors (Lipinski definition) is 1. The first kappa shape index (κ1) is 29.3. The van der Waals surface area contributed by atoms with Crippen LogP contribution in [-0.4, -0.2) is 0 Å². The van der Waals surface area contributed by atoms with E-state index in [-0.39, 0.29) is 5.41 Å². The van der Waals surface area contributed by atoms with E-state index in [1.54, 1.807) is 0 Å². The largest absolute Gasteiger partial charge is 0.455 e. The highest BCUT2D eigenvalue weighted by Crippen LogP contribution is 2.50. The van der Waals surface area contributed by atoms with Gasteiger partial charge >= 0.3 is 0 Å². The third-order valence-electron chi connectivity index (χ3n) is 11.7. The molecule has 1 aromatic heterocycles. The van der Waals surface area contributed by atoms with Crippen LogP contribution < -0.4 is 0 Å². The van der Waals surface area contributed by atoms with Gasteiger partial charge in [0.05, 0.1) is 0 Å². The Morgan fingerprint density at radius 3 is 1.63 bits per heavy atom. The van der Waals surface area contributed by atoms with Crippen LogP contribution in [0.5, 0.6) is 0 Å². The number of furan rings is 1. The van der Waals surface area contributed by atoms with Crippen molar-refractivity contribution in [1.29, 1.82) is 0 Å². The van der Waals surface area contributed by atoms with Gasteiger partial charge in [-0.3, -0.25) is 0 Å². The maximum atomic E-state index is 6.64. The van der Waals surface area contributed by atoms with Gasteiger partial charge in [-0.25, -0.2) is 0 Å². The average Bonchev–Trinajstić information content (AvgIpc) is 3.68. The molecular formula is C51H34O. The highest BCUT2D eigenvalue weighted by molar-refractivity contribution is 6.22. The Hall–Kier alpha value is -6.44. The van der Waals surface area contributed by atoms with Crippen molar-refractivity contribution in [2.75, 3.05) is 0 Å². The molecule has 0 fully saturated rings. The summed E-state index contributed by atoms with van der Waals surface area (Å²) in [6.07, 6.45) is 0. The molecule has 0 spiro atoms. The molecule has 0 saturated carbocycles. The van der Waals surface area contributed by atoms with E-state index in [1.165, 1.54) is 77.0 Å². The van der Waals surface area contributed by atoms with Gasteiger partial charge in [0, 0.05) is 21.6 Å². The molecule has 0 N–H and O–H groups in total. The molecule has 0 radical (unpaired) electrons. The van der Waals surface area contributed by atoms with E-state index in [0.717, 1.165) is 32.9 Å². The molecular weight excluding hydrogens is 629 g/mol. The van der Waals surface area contributed by atoms with Gasteiger partial charge in [-0.15, -0.1) is 0 Å². The summed E-state index contributed by atoms with van der Waals surface area (Å²) in [5.74, 6) is 0. The lowest BCUT2D eigenvalue weighted by atomic mass is 9.81. The van der Waals surface area contributed by atoms with Gasteiger partial charge in [0.15, 0.2) is 0 Å². The summed E-state index contributed by atoms with van der Waals surface area (Å²) in [5.41, 5.74) is 14.7. The van der Waals surface area contributed by atoms with Crippen molar-refractivity contribution in [1.82, 2.24) is 0 Å². The van der Waals surface area contributed by atoms with Gasteiger partial charge < -0.3 is 4.42 Å². The molecule has 0 bridgehead atoms. The van der Waals surface area contributed by atoms with E-state index in [2.05, 4.69) is 184 Å². The van der Waals surface area contributed by atoms with Crippen LogP contribution in [0.25, 0.3) is 98.8 Å². The summed E-state index contributed by atoms with van der Waals surface area (Å²) in [5, 5.41) is 9.61. The van der Waals surface area contributed by atoms with Gasteiger partial charge in [-0.1, -0.05) is 159 Å². The fourth-order valence-electron chi connectivity index (χ4n) is 9.12. The molecule has 1 nitrogen and oxygen atoms in total. The molecule has 0 atom stereocenters. The fraction of sp³-hybridized carbons (Fsp3) is 0.0588. The van der Waals surface area contributed by atoms with Crippen LogP contribution in [0.4, 0.5) is 0 Å². The third kappa shape index (κ3) is 4.11. The Morgan fingerprint density at radius 1 is 0.365 bits per heavy atom. The minimum Gasteiger partial charge on any atom is -0.455 e. The Morgan fingerprint density at radius 2 is 0.904 bits per heavy atom. The zero-order valence-electron chi connectivity index (χ0n) is 29.1. The molecule has 244 valence electrons. The topological polar surface area (TPSA) is 13.1 Å². The molecule has 1 aliphatic rings. The molecule has 1 heterocycles. The lowest BCUT2D eigenvalue weighted by Gasteiger charge is -2.22. The Balaban J connectivity index is 1.06. The summed E-state index contributed by atoms with van der Waals surface area (Å²) in [6, 6.07) is 62.4. The minimum atomic E-state index is -0.0230. The first-order valence-corrected chi connectivity index (χ1v) is 18.2. The molecule has 0 aliphatic heterocycles. The monoisotopic (exact) mass is 662 g/mol. The summed E-state index contributed by atoms with van der Waals surface area (Å²) in [6.45, 7) is 4.70. The average molecular weight is 663 g/mol. The van der Waals surface area contributed by atoms with Crippen LogP contribution in [0.3, 0.4) is 0 Å². The molecule has 0 saturated heterocycles. The summed E-state index contributed by atoms with van der Waals surface area (Å²) in [4.78, 5) is 0. The molecule has 10 aromatic rings. The lowest BCUT2D eigenvalue weighted by molar-refractivity contribution is 0.660. The molecule has 0 unspecified atom stereocenters. The highest BCUT2D eigenvalue weighted by Gasteiger charge is 2.35. The van der Waals surface area contributed by atoms with Crippen LogP contribution in [-0.2, 0) is 5.41 Å². The van der Waals surface area contributed by atoms with E-state index in [4.69, 9.17) is 4.42 Å². The van der Waals surface area contributed by atoms with Crippen LogP contribution in [0.15, 0.2) is 174 Å². The van der Waals surface area contributed by atoms with Crippen LogP contribution in [0, 0.1) is 0 Å². The van der Waals surface area contributed by atoms with Crippen molar-refractivity contribution >= 4 is 54.3 Å². The standard InChI is InChI=1S/C51H34O/c1-51(2)45-18-10-9-13-37(45)38-26-24-34(29-46(38)51)31-19-21-33(22-20-31)48-40-14-5-7-16-42(40)49(43-17-8-6-15-41(43)48)35-25-27-39-44-28-23-32-11-3-4-12-36(32)50(44)52-47(39)30-35/h3-30H,1-2H3. The van der Waals surface area contributed by atoms with E-state index in [9.17, 15) is 0 Å². The minimum absolute atomic E-state index is 0.0230. The quantitative estimate of drug-likeness (QED) is 0.172. The Bertz CT molecular complexity index is 3030. The molecule has 9 aromatic carbocycles. The van der Waals surface area contributed by atoms with Crippen molar-refractivity contribution in [3.63, 3.8) is 0 Å².